The van der Waals surface area contributed by atoms with Gasteiger partial charge in [-0.05, 0) is 0 Å². The van der Waals surface area contributed by atoms with Crippen molar-refractivity contribution < 1.29 is 19.4 Å². The number of carbonyl (C=O) groups is 2. The lowest BCUT2D eigenvalue weighted by Gasteiger charge is -2.32. The van der Waals surface area contributed by atoms with Gasteiger partial charge in [-0.1, -0.05) is 0 Å². The Bertz CT molecular complexity index is 298. The minimum Gasteiger partial charge on any atom is -0.390 e. The first-order chi connectivity index (χ1) is 8.56. The lowest BCUT2D eigenvalue weighted by molar-refractivity contribution is -0.155. The van der Waals surface area contributed by atoms with Crippen LogP contribution in [0.3, 0.4) is 0 Å². The van der Waals surface area contributed by atoms with Gasteiger partial charge in [0.2, 0.25) is 0 Å². The number of aliphatic hydroxyl groups excluding tert-OH is 1. The molecule has 0 bridgehead atoms. The summed E-state index contributed by atoms with van der Waals surface area (Å²) in [6.45, 7) is 2.74. The quantitative estimate of drug-likeness (QED) is 0.404. The Morgan fingerprint density at radius 2 is 2.11 bits per heavy atom. The van der Waals surface area contributed by atoms with E-state index in [1.54, 1.807) is 14.2 Å². The molecule has 0 spiro atoms. The number of methoxy groups -OCH3 is 1. The molecule has 1 rings (SSSR count). The van der Waals surface area contributed by atoms with Crippen LogP contribution >= 0.6 is 0 Å². The second kappa shape index (κ2) is 7.30. The molecule has 7 heteroatoms. The van der Waals surface area contributed by atoms with Crippen LogP contribution in [0.1, 0.15) is 0 Å². The third-order valence-electron chi connectivity index (χ3n) is 2.82. The summed E-state index contributed by atoms with van der Waals surface area (Å²) in [5.41, 5.74) is 0. The van der Waals surface area contributed by atoms with Gasteiger partial charge in [-0.3, -0.25) is 9.59 Å². The monoisotopic (exact) mass is 259 g/mol. The van der Waals surface area contributed by atoms with Gasteiger partial charge in [0.15, 0.2) is 0 Å². The molecule has 1 heterocycles. The Morgan fingerprint density at radius 3 is 2.78 bits per heavy atom. The number of nitrogens with zero attached hydrogens (tertiary/aromatic N) is 2. The zero-order valence-electron chi connectivity index (χ0n) is 10.9. The van der Waals surface area contributed by atoms with Crippen molar-refractivity contribution >= 4 is 11.8 Å². The predicted molar refractivity (Wildman–Crippen MR) is 65.0 cm³/mol. The van der Waals surface area contributed by atoms with Crippen molar-refractivity contribution in [1.29, 1.82) is 0 Å². The van der Waals surface area contributed by atoms with Crippen LogP contribution in [0.15, 0.2) is 0 Å². The molecule has 104 valence electrons. The number of aliphatic hydroxyl groups is 1. The highest BCUT2D eigenvalue weighted by atomic mass is 16.5. The number of hydrogen-bond acceptors (Lipinski definition) is 5. The van der Waals surface area contributed by atoms with Gasteiger partial charge in [-0.2, -0.15) is 0 Å². The fourth-order valence-corrected chi connectivity index (χ4v) is 1.71. The standard InChI is InChI=1S/C11H21N3O4/c1-13-4-5-14(11(17)10(13)16)8-9(15)7-12-3-6-18-2/h9,12,15H,3-8H2,1-2H3. The van der Waals surface area contributed by atoms with Crippen molar-refractivity contribution in [2.75, 3.05) is 53.5 Å². The van der Waals surface area contributed by atoms with Crippen molar-refractivity contribution in [3.8, 4) is 0 Å². The zero-order chi connectivity index (χ0) is 13.5. The third-order valence-corrected chi connectivity index (χ3v) is 2.82. The number of likely N-dealkylation sites (N-methyl/N-ethyl adjacent to an activating group) is 1. The number of carbonyl (C=O) groups excluding carboxylic acids is 2. The average Bonchev–Trinajstić information content (AvgIpc) is 2.35. The van der Waals surface area contributed by atoms with E-state index in [-0.39, 0.29) is 6.54 Å². The van der Waals surface area contributed by atoms with Crippen molar-refractivity contribution in [1.82, 2.24) is 15.1 Å². The van der Waals surface area contributed by atoms with Crippen LogP contribution in [0.4, 0.5) is 0 Å². The fourth-order valence-electron chi connectivity index (χ4n) is 1.71. The SMILES string of the molecule is COCCNCC(O)CN1CCN(C)C(=O)C1=O. The van der Waals surface area contributed by atoms with Gasteiger partial charge in [0.25, 0.3) is 0 Å². The molecule has 1 unspecified atom stereocenters. The van der Waals surface area contributed by atoms with E-state index in [1.165, 1.54) is 9.80 Å². The zero-order valence-corrected chi connectivity index (χ0v) is 10.9. The minimum atomic E-state index is -0.679. The summed E-state index contributed by atoms with van der Waals surface area (Å²) in [6.07, 6.45) is -0.679. The molecule has 0 aromatic heterocycles. The van der Waals surface area contributed by atoms with E-state index in [1.807, 2.05) is 0 Å². The second-order valence-electron chi connectivity index (χ2n) is 4.33. The summed E-state index contributed by atoms with van der Waals surface area (Å²) in [7, 11) is 3.20. The highest BCUT2D eigenvalue weighted by Crippen LogP contribution is 2.03. The van der Waals surface area contributed by atoms with E-state index in [0.29, 0.717) is 32.8 Å². The molecular formula is C11H21N3O4. The number of β-amino-alcohol motifs (C(OH)–C–C–N with tert-alkyl or cyclic N) is 1. The topological polar surface area (TPSA) is 82.1 Å². The Hall–Kier alpha value is -1.18. The Balaban J connectivity index is 2.29. The summed E-state index contributed by atoms with van der Waals surface area (Å²) in [5, 5.41) is 12.8. The lowest BCUT2D eigenvalue weighted by Crippen LogP contribution is -2.55. The normalized spacial score (nSPS) is 18.4. The maximum absolute atomic E-state index is 11.6. The Labute approximate surface area is 107 Å². The molecule has 0 aromatic carbocycles. The molecule has 2 amide bonds. The molecule has 1 aliphatic heterocycles. The first-order valence-corrected chi connectivity index (χ1v) is 5.98. The first-order valence-electron chi connectivity index (χ1n) is 5.98. The van der Waals surface area contributed by atoms with Crippen LogP contribution in [0.5, 0.6) is 0 Å². The van der Waals surface area contributed by atoms with Crippen LogP contribution in [-0.4, -0.2) is 86.3 Å². The Kier molecular flexibility index (Phi) is 6.03. The minimum absolute atomic E-state index is 0.179. The highest BCUT2D eigenvalue weighted by Gasteiger charge is 2.31. The molecule has 18 heavy (non-hydrogen) atoms. The van der Waals surface area contributed by atoms with Crippen molar-refractivity contribution in [2.24, 2.45) is 0 Å². The number of nitrogens with one attached hydrogen (secondary N) is 1. The van der Waals surface area contributed by atoms with Crippen LogP contribution in [0, 0.1) is 0 Å². The van der Waals surface area contributed by atoms with Crippen LogP contribution in [0.2, 0.25) is 0 Å². The molecule has 7 nitrogen and oxygen atoms in total. The molecule has 0 radical (unpaired) electrons. The predicted octanol–water partition coefficient (Wildman–Crippen LogP) is -2.12. The second-order valence-corrected chi connectivity index (χ2v) is 4.33. The van der Waals surface area contributed by atoms with Crippen molar-refractivity contribution in [3.05, 3.63) is 0 Å². The van der Waals surface area contributed by atoms with Gasteiger partial charge in [-0.25, -0.2) is 0 Å². The smallest absolute Gasteiger partial charge is 0.312 e. The van der Waals surface area contributed by atoms with Gasteiger partial charge < -0.3 is 25.0 Å². The van der Waals surface area contributed by atoms with E-state index in [2.05, 4.69) is 5.32 Å². The molecule has 0 aliphatic carbocycles. The van der Waals surface area contributed by atoms with Crippen molar-refractivity contribution in [3.63, 3.8) is 0 Å². The number of hydrogen-bond donors (Lipinski definition) is 2. The van der Waals surface area contributed by atoms with Crippen LogP contribution < -0.4 is 5.32 Å². The molecule has 1 saturated heterocycles. The number of piperazine rings is 1. The van der Waals surface area contributed by atoms with Gasteiger partial charge in [-0.15, -0.1) is 0 Å². The van der Waals surface area contributed by atoms with E-state index in [4.69, 9.17) is 4.74 Å². The van der Waals surface area contributed by atoms with E-state index in [0.717, 1.165) is 0 Å². The first kappa shape index (κ1) is 14.9. The molecule has 0 saturated carbocycles. The van der Waals surface area contributed by atoms with E-state index >= 15 is 0 Å². The number of rotatable bonds is 7. The lowest BCUT2D eigenvalue weighted by atomic mass is 10.2. The summed E-state index contributed by atoms with van der Waals surface area (Å²) >= 11 is 0. The molecule has 2 N–H and O–H groups in total. The molecule has 1 fully saturated rings. The highest BCUT2D eigenvalue weighted by molar-refractivity contribution is 6.35. The van der Waals surface area contributed by atoms with Gasteiger partial charge >= 0.3 is 11.8 Å². The molecule has 0 aromatic rings. The average molecular weight is 259 g/mol. The molecule has 1 atom stereocenters. The summed E-state index contributed by atoms with van der Waals surface area (Å²) < 4.78 is 4.86. The summed E-state index contributed by atoms with van der Waals surface area (Å²) in [4.78, 5) is 25.9. The number of amides is 2. The van der Waals surface area contributed by atoms with Gasteiger partial charge in [0, 0.05) is 46.9 Å². The largest absolute Gasteiger partial charge is 0.390 e. The maximum Gasteiger partial charge on any atom is 0.312 e. The van der Waals surface area contributed by atoms with Crippen LogP contribution in [0.25, 0.3) is 0 Å². The summed E-state index contributed by atoms with van der Waals surface area (Å²) in [6, 6.07) is 0. The van der Waals surface area contributed by atoms with Crippen molar-refractivity contribution in [2.45, 2.75) is 6.10 Å². The fraction of sp³-hybridized carbons (Fsp3) is 0.818. The third kappa shape index (κ3) is 4.25. The van der Waals surface area contributed by atoms with Gasteiger partial charge in [0.1, 0.15) is 0 Å². The molecule has 1 aliphatic rings. The number of ether oxygens (including phenoxy) is 1. The Morgan fingerprint density at radius 1 is 1.39 bits per heavy atom. The van der Waals surface area contributed by atoms with Crippen LogP contribution in [-0.2, 0) is 14.3 Å². The molecular weight excluding hydrogens is 238 g/mol. The van der Waals surface area contributed by atoms with Gasteiger partial charge in [0.05, 0.1) is 12.7 Å². The maximum atomic E-state index is 11.6. The van der Waals surface area contributed by atoms with E-state index < -0.39 is 17.9 Å². The summed E-state index contributed by atoms with van der Waals surface area (Å²) in [5.74, 6) is -1.06. The van der Waals surface area contributed by atoms with E-state index in [9.17, 15) is 14.7 Å².